The molecule has 0 aliphatic heterocycles. The molecule has 0 aliphatic rings. The zero-order chi connectivity index (χ0) is 14.4. The number of aromatic nitrogens is 2. The van der Waals surface area contributed by atoms with Crippen LogP contribution in [0, 0.1) is 6.92 Å². The molecule has 4 nitrogen and oxygen atoms in total. The van der Waals surface area contributed by atoms with Crippen LogP contribution >= 0.6 is 11.3 Å². The second-order valence-electron chi connectivity index (χ2n) is 4.72. The normalized spacial score (nSPS) is 12.2. The van der Waals surface area contributed by atoms with E-state index in [0.717, 1.165) is 36.8 Å². The van der Waals surface area contributed by atoms with Crippen LogP contribution in [0.5, 0.6) is 0 Å². The van der Waals surface area contributed by atoms with Crippen molar-refractivity contribution >= 4 is 23.0 Å². The van der Waals surface area contributed by atoms with Gasteiger partial charge in [-0.15, -0.1) is 11.3 Å². The third kappa shape index (κ3) is 3.93. The quantitative estimate of drug-likeness (QED) is 0.801. The van der Waals surface area contributed by atoms with Gasteiger partial charge >= 0.3 is 0 Å². The molecule has 0 saturated heterocycles. The average molecular weight is 290 g/mol. The Balaban J connectivity index is 2.17. The SMILES string of the molecule is CCCC(Nc1cc(NCC)nc(C)n1)c1cccs1. The Kier molecular flexibility index (Phi) is 5.35. The summed E-state index contributed by atoms with van der Waals surface area (Å²) in [7, 11) is 0. The van der Waals surface area contributed by atoms with Gasteiger partial charge in [0.1, 0.15) is 17.5 Å². The molecule has 0 spiro atoms. The van der Waals surface area contributed by atoms with E-state index in [0.29, 0.717) is 6.04 Å². The van der Waals surface area contributed by atoms with Crippen LogP contribution in [0.25, 0.3) is 0 Å². The molecule has 0 aromatic carbocycles. The molecule has 0 radical (unpaired) electrons. The van der Waals surface area contributed by atoms with Crippen LogP contribution in [-0.2, 0) is 0 Å². The van der Waals surface area contributed by atoms with Gasteiger partial charge in [0.2, 0.25) is 0 Å². The lowest BCUT2D eigenvalue weighted by Gasteiger charge is -2.18. The minimum Gasteiger partial charge on any atom is -0.370 e. The summed E-state index contributed by atoms with van der Waals surface area (Å²) in [6.07, 6.45) is 2.24. The Bertz CT molecular complexity index is 525. The fourth-order valence-electron chi connectivity index (χ4n) is 2.16. The van der Waals surface area contributed by atoms with E-state index in [-0.39, 0.29) is 0 Å². The number of rotatable bonds is 7. The van der Waals surface area contributed by atoms with Crippen molar-refractivity contribution in [3.8, 4) is 0 Å². The molecule has 2 heterocycles. The third-order valence-electron chi connectivity index (χ3n) is 2.98. The molecule has 2 aromatic rings. The Labute approximate surface area is 124 Å². The number of hydrogen-bond acceptors (Lipinski definition) is 5. The van der Waals surface area contributed by atoms with E-state index in [4.69, 9.17) is 0 Å². The van der Waals surface area contributed by atoms with Gasteiger partial charge in [0.15, 0.2) is 0 Å². The van der Waals surface area contributed by atoms with Crippen molar-refractivity contribution in [3.05, 3.63) is 34.3 Å². The van der Waals surface area contributed by atoms with Gasteiger partial charge in [-0.25, -0.2) is 9.97 Å². The lowest BCUT2D eigenvalue weighted by molar-refractivity contribution is 0.684. The van der Waals surface area contributed by atoms with E-state index < -0.39 is 0 Å². The maximum atomic E-state index is 4.49. The molecule has 1 atom stereocenters. The second-order valence-corrected chi connectivity index (χ2v) is 5.70. The smallest absolute Gasteiger partial charge is 0.132 e. The van der Waals surface area contributed by atoms with Crippen LogP contribution in [0.15, 0.2) is 23.6 Å². The van der Waals surface area contributed by atoms with Crippen LogP contribution in [0.1, 0.15) is 43.4 Å². The van der Waals surface area contributed by atoms with Crippen LogP contribution in [-0.4, -0.2) is 16.5 Å². The summed E-state index contributed by atoms with van der Waals surface area (Å²) in [5, 5.41) is 8.90. The first-order chi connectivity index (χ1) is 9.72. The van der Waals surface area contributed by atoms with E-state index in [2.05, 4.69) is 52.0 Å². The molecule has 0 saturated carbocycles. The molecular weight excluding hydrogens is 268 g/mol. The summed E-state index contributed by atoms with van der Waals surface area (Å²) in [5.41, 5.74) is 0. The lowest BCUT2D eigenvalue weighted by atomic mass is 10.1. The van der Waals surface area contributed by atoms with Gasteiger partial charge in [-0.1, -0.05) is 19.4 Å². The number of nitrogens with zero attached hydrogens (tertiary/aromatic N) is 2. The van der Waals surface area contributed by atoms with E-state index in [1.165, 1.54) is 4.88 Å². The van der Waals surface area contributed by atoms with E-state index in [1.54, 1.807) is 11.3 Å². The zero-order valence-electron chi connectivity index (χ0n) is 12.3. The maximum Gasteiger partial charge on any atom is 0.132 e. The molecule has 1 unspecified atom stereocenters. The first-order valence-electron chi connectivity index (χ1n) is 7.12. The first kappa shape index (κ1) is 14.8. The van der Waals surface area contributed by atoms with Crippen LogP contribution < -0.4 is 10.6 Å². The van der Waals surface area contributed by atoms with Gasteiger partial charge in [-0.3, -0.25) is 0 Å². The topological polar surface area (TPSA) is 49.8 Å². The van der Waals surface area contributed by atoms with Crippen LogP contribution in [0.3, 0.4) is 0 Å². The summed E-state index contributed by atoms with van der Waals surface area (Å²) < 4.78 is 0. The highest BCUT2D eigenvalue weighted by atomic mass is 32.1. The molecule has 0 bridgehead atoms. The average Bonchev–Trinajstić information content (AvgIpc) is 2.91. The van der Waals surface area contributed by atoms with Gasteiger partial charge in [0.05, 0.1) is 6.04 Å². The highest BCUT2D eigenvalue weighted by Gasteiger charge is 2.13. The highest BCUT2D eigenvalue weighted by Crippen LogP contribution is 2.27. The number of hydrogen-bond donors (Lipinski definition) is 2. The fourth-order valence-corrected chi connectivity index (χ4v) is 2.97. The molecule has 0 amide bonds. The minimum atomic E-state index is 0.323. The Morgan fingerprint density at radius 2 is 2.05 bits per heavy atom. The van der Waals surface area contributed by atoms with Gasteiger partial charge in [0, 0.05) is 17.5 Å². The van der Waals surface area contributed by atoms with Gasteiger partial charge < -0.3 is 10.6 Å². The standard InChI is InChI=1S/C15H22N4S/c1-4-7-12(13-8-6-9-20-13)19-15-10-14(16-5-2)17-11(3)18-15/h6,8-10,12H,4-5,7H2,1-3H3,(H2,16,17,18,19). The largest absolute Gasteiger partial charge is 0.370 e. The molecular formula is C15H22N4S. The van der Waals surface area contributed by atoms with E-state index >= 15 is 0 Å². The van der Waals surface area contributed by atoms with Crippen molar-refractivity contribution in [3.63, 3.8) is 0 Å². The highest BCUT2D eigenvalue weighted by molar-refractivity contribution is 7.10. The molecule has 5 heteroatoms. The summed E-state index contributed by atoms with van der Waals surface area (Å²) >= 11 is 1.79. The predicted molar refractivity (Wildman–Crippen MR) is 86.5 cm³/mol. The summed E-state index contributed by atoms with van der Waals surface area (Å²) in [6.45, 7) is 7.05. The van der Waals surface area contributed by atoms with Gasteiger partial charge in [-0.05, 0) is 31.7 Å². The van der Waals surface area contributed by atoms with Crippen molar-refractivity contribution < 1.29 is 0 Å². The summed E-state index contributed by atoms with van der Waals surface area (Å²) in [4.78, 5) is 10.2. The fraction of sp³-hybridized carbons (Fsp3) is 0.467. The predicted octanol–water partition coefficient (Wildman–Crippen LogP) is 4.23. The van der Waals surface area contributed by atoms with Crippen LogP contribution in [0.4, 0.5) is 11.6 Å². The third-order valence-corrected chi connectivity index (χ3v) is 3.97. The Hall–Kier alpha value is -1.62. The number of anilines is 2. The second kappa shape index (κ2) is 7.24. The molecule has 2 rings (SSSR count). The molecule has 108 valence electrons. The number of aryl methyl sites for hydroxylation is 1. The summed E-state index contributed by atoms with van der Waals surface area (Å²) in [6, 6.07) is 6.58. The van der Waals surface area contributed by atoms with Crippen molar-refractivity contribution in [2.45, 2.75) is 39.7 Å². The molecule has 2 N–H and O–H groups in total. The van der Waals surface area contributed by atoms with Crippen LogP contribution in [0.2, 0.25) is 0 Å². The number of nitrogens with one attached hydrogen (secondary N) is 2. The maximum absolute atomic E-state index is 4.49. The first-order valence-corrected chi connectivity index (χ1v) is 8.00. The Morgan fingerprint density at radius 3 is 2.70 bits per heavy atom. The monoisotopic (exact) mass is 290 g/mol. The summed E-state index contributed by atoms with van der Waals surface area (Å²) in [5.74, 6) is 2.55. The minimum absolute atomic E-state index is 0.323. The Morgan fingerprint density at radius 1 is 1.25 bits per heavy atom. The van der Waals surface area contributed by atoms with Gasteiger partial charge in [0.25, 0.3) is 0 Å². The number of thiophene rings is 1. The van der Waals surface area contributed by atoms with E-state index in [1.807, 2.05) is 13.0 Å². The molecule has 0 aliphatic carbocycles. The molecule has 0 fully saturated rings. The van der Waals surface area contributed by atoms with Crippen molar-refractivity contribution in [2.24, 2.45) is 0 Å². The van der Waals surface area contributed by atoms with Gasteiger partial charge in [-0.2, -0.15) is 0 Å². The zero-order valence-corrected chi connectivity index (χ0v) is 13.1. The van der Waals surface area contributed by atoms with Crippen molar-refractivity contribution in [2.75, 3.05) is 17.2 Å². The lowest BCUT2D eigenvalue weighted by Crippen LogP contribution is -2.12. The molecule has 2 aromatic heterocycles. The van der Waals surface area contributed by atoms with Crippen molar-refractivity contribution in [1.82, 2.24) is 9.97 Å². The molecule has 20 heavy (non-hydrogen) atoms. The van der Waals surface area contributed by atoms with Crippen molar-refractivity contribution in [1.29, 1.82) is 0 Å². The van der Waals surface area contributed by atoms with E-state index in [9.17, 15) is 0 Å².